The maximum absolute atomic E-state index is 5.43. The van der Waals surface area contributed by atoms with Crippen molar-refractivity contribution in [1.29, 1.82) is 0 Å². The van der Waals surface area contributed by atoms with Gasteiger partial charge in [0.25, 0.3) is 0 Å². The predicted molar refractivity (Wildman–Crippen MR) is 75.0 cm³/mol. The second kappa shape index (κ2) is 5.26. The molecule has 0 atom stereocenters. The maximum Gasteiger partial charge on any atom is 0.137 e. The van der Waals surface area contributed by atoms with Gasteiger partial charge in [0, 0.05) is 16.9 Å². The van der Waals surface area contributed by atoms with Crippen LogP contribution >= 0.6 is 0 Å². The van der Waals surface area contributed by atoms with Crippen LogP contribution in [-0.2, 0) is 12.8 Å². The van der Waals surface area contributed by atoms with E-state index in [0.717, 1.165) is 30.1 Å². The topological polar surface area (TPSA) is 47.0 Å². The second-order valence-corrected chi connectivity index (χ2v) is 4.58. The number of rotatable bonds is 4. The third kappa shape index (κ3) is 2.52. The van der Waals surface area contributed by atoms with E-state index in [9.17, 15) is 0 Å². The standard InChI is InChI=1S/C15H17N3O/c1-2-19-12-8-6-11(7-9-12)18-15-13-4-3-5-14(13)16-10-17-15/h6-10H,2-5H2,1H3,(H,16,17,18). The lowest BCUT2D eigenvalue weighted by atomic mass is 10.2. The van der Waals surface area contributed by atoms with Crippen molar-refractivity contribution in [2.45, 2.75) is 26.2 Å². The minimum absolute atomic E-state index is 0.687. The fourth-order valence-electron chi connectivity index (χ4n) is 2.41. The highest BCUT2D eigenvalue weighted by Gasteiger charge is 2.16. The zero-order valence-corrected chi connectivity index (χ0v) is 11.0. The lowest BCUT2D eigenvalue weighted by molar-refractivity contribution is 0.340. The van der Waals surface area contributed by atoms with E-state index in [1.54, 1.807) is 6.33 Å². The first-order chi connectivity index (χ1) is 9.36. The zero-order valence-electron chi connectivity index (χ0n) is 11.0. The van der Waals surface area contributed by atoms with Gasteiger partial charge >= 0.3 is 0 Å². The van der Waals surface area contributed by atoms with E-state index in [2.05, 4.69) is 15.3 Å². The summed E-state index contributed by atoms with van der Waals surface area (Å²) in [6.45, 7) is 2.67. The number of benzene rings is 1. The number of hydrogen-bond acceptors (Lipinski definition) is 4. The van der Waals surface area contributed by atoms with Crippen LogP contribution in [0.25, 0.3) is 0 Å². The number of hydrogen-bond donors (Lipinski definition) is 1. The molecule has 1 heterocycles. The van der Waals surface area contributed by atoms with Crippen LogP contribution in [0, 0.1) is 0 Å². The molecule has 1 aromatic heterocycles. The van der Waals surface area contributed by atoms with Gasteiger partial charge in [-0.3, -0.25) is 0 Å². The van der Waals surface area contributed by atoms with E-state index < -0.39 is 0 Å². The van der Waals surface area contributed by atoms with Crippen LogP contribution in [0.5, 0.6) is 5.75 Å². The molecule has 2 aromatic rings. The molecular formula is C15H17N3O. The molecule has 0 aliphatic heterocycles. The molecule has 1 aliphatic rings. The molecule has 1 aliphatic carbocycles. The summed E-state index contributed by atoms with van der Waals surface area (Å²) < 4.78 is 5.43. The molecule has 0 fully saturated rings. The van der Waals surface area contributed by atoms with E-state index in [4.69, 9.17) is 4.74 Å². The fourth-order valence-corrected chi connectivity index (χ4v) is 2.41. The van der Waals surface area contributed by atoms with Gasteiger partial charge in [0.1, 0.15) is 17.9 Å². The Balaban J connectivity index is 1.80. The minimum Gasteiger partial charge on any atom is -0.494 e. The van der Waals surface area contributed by atoms with Crippen LogP contribution < -0.4 is 10.1 Å². The molecule has 0 saturated heterocycles. The van der Waals surface area contributed by atoms with E-state index in [-0.39, 0.29) is 0 Å². The predicted octanol–water partition coefficient (Wildman–Crippen LogP) is 3.11. The number of aryl methyl sites for hydroxylation is 1. The molecule has 98 valence electrons. The van der Waals surface area contributed by atoms with Crippen molar-refractivity contribution in [3.05, 3.63) is 41.9 Å². The second-order valence-electron chi connectivity index (χ2n) is 4.58. The van der Waals surface area contributed by atoms with Gasteiger partial charge in [-0.1, -0.05) is 0 Å². The number of ether oxygens (including phenoxy) is 1. The summed E-state index contributed by atoms with van der Waals surface area (Å²) in [4.78, 5) is 8.68. The largest absolute Gasteiger partial charge is 0.494 e. The van der Waals surface area contributed by atoms with E-state index >= 15 is 0 Å². The maximum atomic E-state index is 5.43. The smallest absolute Gasteiger partial charge is 0.137 e. The number of nitrogens with one attached hydrogen (secondary N) is 1. The number of anilines is 2. The van der Waals surface area contributed by atoms with E-state index in [1.807, 2.05) is 31.2 Å². The monoisotopic (exact) mass is 255 g/mol. The molecule has 0 amide bonds. The Bertz CT molecular complexity index is 566. The van der Waals surface area contributed by atoms with Gasteiger partial charge in [0.15, 0.2) is 0 Å². The summed E-state index contributed by atoms with van der Waals surface area (Å²) in [5.74, 6) is 1.83. The van der Waals surface area contributed by atoms with Crippen molar-refractivity contribution >= 4 is 11.5 Å². The van der Waals surface area contributed by atoms with Crippen molar-refractivity contribution in [2.24, 2.45) is 0 Å². The molecule has 0 bridgehead atoms. The van der Waals surface area contributed by atoms with Crippen LogP contribution in [0.1, 0.15) is 24.6 Å². The van der Waals surface area contributed by atoms with Crippen molar-refractivity contribution in [1.82, 2.24) is 9.97 Å². The normalized spacial score (nSPS) is 13.1. The van der Waals surface area contributed by atoms with Gasteiger partial charge in [0.05, 0.1) is 6.61 Å². The molecule has 0 saturated carbocycles. The van der Waals surface area contributed by atoms with Gasteiger partial charge in [-0.25, -0.2) is 9.97 Å². The van der Waals surface area contributed by atoms with E-state index in [1.165, 1.54) is 17.7 Å². The molecule has 19 heavy (non-hydrogen) atoms. The molecule has 1 aromatic carbocycles. The van der Waals surface area contributed by atoms with Gasteiger partial charge < -0.3 is 10.1 Å². The fraction of sp³-hybridized carbons (Fsp3) is 0.333. The highest BCUT2D eigenvalue weighted by molar-refractivity contribution is 5.61. The molecule has 0 radical (unpaired) electrons. The minimum atomic E-state index is 0.687. The molecule has 4 heteroatoms. The molecular weight excluding hydrogens is 238 g/mol. The van der Waals surface area contributed by atoms with Crippen LogP contribution in [0.3, 0.4) is 0 Å². The van der Waals surface area contributed by atoms with Crippen molar-refractivity contribution in [3.8, 4) is 5.75 Å². The Hall–Kier alpha value is -2.10. The molecule has 4 nitrogen and oxygen atoms in total. The third-order valence-electron chi connectivity index (χ3n) is 3.30. The molecule has 0 spiro atoms. The molecule has 0 unspecified atom stereocenters. The Morgan fingerprint density at radius 2 is 2.00 bits per heavy atom. The van der Waals surface area contributed by atoms with E-state index in [0.29, 0.717) is 6.61 Å². The van der Waals surface area contributed by atoms with Crippen molar-refractivity contribution in [3.63, 3.8) is 0 Å². The summed E-state index contributed by atoms with van der Waals surface area (Å²) in [6.07, 6.45) is 4.94. The quantitative estimate of drug-likeness (QED) is 0.912. The van der Waals surface area contributed by atoms with Gasteiger partial charge in [-0.05, 0) is 50.5 Å². The van der Waals surface area contributed by atoms with Crippen LogP contribution in [0.2, 0.25) is 0 Å². The molecule has 1 N–H and O–H groups in total. The molecule has 3 rings (SSSR count). The van der Waals surface area contributed by atoms with Crippen LogP contribution in [-0.4, -0.2) is 16.6 Å². The Morgan fingerprint density at radius 3 is 2.79 bits per heavy atom. The zero-order chi connectivity index (χ0) is 13.1. The summed E-state index contributed by atoms with van der Waals surface area (Å²) in [7, 11) is 0. The third-order valence-corrected chi connectivity index (χ3v) is 3.30. The average molecular weight is 255 g/mol. The van der Waals surface area contributed by atoms with Crippen LogP contribution in [0.4, 0.5) is 11.5 Å². The van der Waals surface area contributed by atoms with Gasteiger partial charge in [0.2, 0.25) is 0 Å². The van der Waals surface area contributed by atoms with Gasteiger partial charge in [-0.15, -0.1) is 0 Å². The average Bonchev–Trinajstić information content (AvgIpc) is 2.91. The van der Waals surface area contributed by atoms with Gasteiger partial charge in [-0.2, -0.15) is 0 Å². The Morgan fingerprint density at radius 1 is 1.16 bits per heavy atom. The Labute approximate surface area is 112 Å². The number of aromatic nitrogens is 2. The Kier molecular flexibility index (Phi) is 3.31. The summed E-state index contributed by atoms with van der Waals surface area (Å²) in [5, 5.41) is 3.37. The van der Waals surface area contributed by atoms with Crippen LogP contribution in [0.15, 0.2) is 30.6 Å². The SMILES string of the molecule is CCOc1ccc(Nc2ncnc3c2CCC3)cc1. The highest BCUT2D eigenvalue weighted by atomic mass is 16.5. The first kappa shape index (κ1) is 12.0. The summed E-state index contributed by atoms with van der Waals surface area (Å²) in [6, 6.07) is 7.95. The van der Waals surface area contributed by atoms with Crippen molar-refractivity contribution in [2.75, 3.05) is 11.9 Å². The lowest BCUT2D eigenvalue weighted by Gasteiger charge is -2.10. The van der Waals surface area contributed by atoms with Crippen molar-refractivity contribution < 1.29 is 4.74 Å². The number of fused-ring (bicyclic) bond motifs is 1. The summed E-state index contributed by atoms with van der Waals surface area (Å²) >= 11 is 0. The summed E-state index contributed by atoms with van der Waals surface area (Å²) in [5.41, 5.74) is 3.47. The number of nitrogens with zero attached hydrogens (tertiary/aromatic N) is 2. The lowest BCUT2D eigenvalue weighted by Crippen LogP contribution is -2.00. The highest BCUT2D eigenvalue weighted by Crippen LogP contribution is 2.27. The first-order valence-electron chi connectivity index (χ1n) is 6.69. The first-order valence-corrected chi connectivity index (χ1v) is 6.69.